The number of amides is 1. The molecule has 2 aromatic rings. The fourth-order valence-corrected chi connectivity index (χ4v) is 3.90. The van der Waals surface area contributed by atoms with Crippen molar-refractivity contribution in [2.45, 2.75) is 26.3 Å². The van der Waals surface area contributed by atoms with Crippen LogP contribution in [0.25, 0.3) is 0 Å². The highest BCUT2D eigenvalue weighted by Crippen LogP contribution is 2.27. The van der Waals surface area contributed by atoms with Gasteiger partial charge in [0.25, 0.3) is 5.91 Å². The predicted octanol–water partition coefficient (Wildman–Crippen LogP) is 3.30. The van der Waals surface area contributed by atoms with Gasteiger partial charge in [-0.3, -0.25) is 9.59 Å². The molecule has 1 N–H and O–H groups in total. The van der Waals surface area contributed by atoms with Crippen molar-refractivity contribution in [3.8, 4) is 0 Å². The molecule has 1 saturated heterocycles. The molecule has 2 heterocycles. The van der Waals surface area contributed by atoms with Gasteiger partial charge in [0.05, 0.1) is 10.9 Å². The van der Waals surface area contributed by atoms with E-state index in [0.717, 1.165) is 25.1 Å². The molecule has 0 saturated carbocycles. The van der Waals surface area contributed by atoms with Gasteiger partial charge in [0.15, 0.2) is 5.78 Å². The molecule has 1 aromatic heterocycles. The Bertz CT molecular complexity index is 736. The number of aryl methyl sites for hydroxylation is 1. The van der Waals surface area contributed by atoms with Gasteiger partial charge in [-0.05, 0) is 30.5 Å². The summed E-state index contributed by atoms with van der Waals surface area (Å²) in [6, 6.07) is 10.2. The summed E-state index contributed by atoms with van der Waals surface area (Å²) < 4.78 is 0. The largest absolute Gasteiger partial charge is 0.328 e. The molecular weight excluding hydrogens is 320 g/mol. The molecule has 1 amide bonds. The highest BCUT2D eigenvalue weighted by atomic mass is 32.1. The Labute approximate surface area is 146 Å². The lowest BCUT2D eigenvalue weighted by molar-refractivity contribution is 0.0639. The summed E-state index contributed by atoms with van der Waals surface area (Å²) in [7, 11) is 0. The third-order valence-electron chi connectivity index (χ3n) is 4.49. The lowest BCUT2D eigenvalue weighted by atomic mass is 10.0. The summed E-state index contributed by atoms with van der Waals surface area (Å²) in [5.41, 5.74) is 3.06. The molecule has 0 aliphatic carbocycles. The summed E-state index contributed by atoms with van der Waals surface area (Å²) in [4.78, 5) is 27.0. The minimum atomic E-state index is -0.00249. The lowest BCUT2D eigenvalue weighted by Crippen LogP contribution is -2.48. The molecule has 0 bridgehead atoms. The van der Waals surface area contributed by atoms with Crippen molar-refractivity contribution in [3.05, 3.63) is 57.3 Å². The summed E-state index contributed by atoms with van der Waals surface area (Å²) in [6.07, 6.45) is 1.01. The van der Waals surface area contributed by atoms with Crippen LogP contribution in [0.2, 0.25) is 0 Å². The molecule has 1 aliphatic rings. The highest BCUT2D eigenvalue weighted by molar-refractivity contribution is 7.12. The van der Waals surface area contributed by atoms with Crippen LogP contribution in [0, 0.1) is 0 Å². The topological polar surface area (TPSA) is 49.4 Å². The second kappa shape index (κ2) is 7.28. The number of piperazine rings is 1. The van der Waals surface area contributed by atoms with Crippen molar-refractivity contribution in [1.29, 1.82) is 0 Å². The SMILES string of the molecule is CCc1ccc(C2CNCCN2C(=O)c2cc(C(C)=O)cs2)cc1. The van der Waals surface area contributed by atoms with E-state index < -0.39 is 0 Å². The predicted molar refractivity (Wildman–Crippen MR) is 96.8 cm³/mol. The van der Waals surface area contributed by atoms with Gasteiger partial charge in [0.2, 0.25) is 0 Å². The smallest absolute Gasteiger partial charge is 0.264 e. The van der Waals surface area contributed by atoms with Crippen molar-refractivity contribution >= 4 is 23.0 Å². The number of nitrogens with one attached hydrogen (secondary N) is 1. The maximum atomic E-state index is 12.9. The van der Waals surface area contributed by atoms with Crippen LogP contribution in [0.4, 0.5) is 0 Å². The second-order valence-electron chi connectivity index (χ2n) is 6.07. The van der Waals surface area contributed by atoms with Crippen molar-refractivity contribution in [3.63, 3.8) is 0 Å². The average Bonchev–Trinajstić information content (AvgIpc) is 3.12. The van der Waals surface area contributed by atoms with Gasteiger partial charge in [0, 0.05) is 30.6 Å². The Morgan fingerprint density at radius 1 is 1.29 bits per heavy atom. The summed E-state index contributed by atoms with van der Waals surface area (Å²) in [6.45, 7) is 5.88. The van der Waals surface area contributed by atoms with E-state index >= 15 is 0 Å². The first-order chi connectivity index (χ1) is 11.6. The Balaban J connectivity index is 1.85. The number of thiophene rings is 1. The van der Waals surface area contributed by atoms with Crippen LogP contribution in [0.3, 0.4) is 0 Å². The standard InChI is InChI=1S/C19H22N2O2S/c1-3-14-4-6-15(7-5-14)17-11-20-8-9-21(17)19(23)18-10-16(12-24-18)13(2)22/h4-7,10,12,17,20H,3,8-9,11H2,1-2H3. The van der Waals surface area contributed by atoms with E-state index in [0.29, 0.717) is 17.0 Å². The Morgan fingerprint density at radius 2 is 2.04 bits per heavy atom. The van der Waals surface area contributed by atoms with Crippen molar-refractivity contribution in [2.24, 2.45) is 0 Å². The lowest BCUT2D eigenvalue weighted by Gasteiger charge is -2.36. The Kier molecular flexibility index (Phi) is 5.11. The van der Waals surface area contributed by atoms with E-state index in [4.69, 9.17) is 0 Å². The molecule has 0 spiro atoms. The van der Waals surface area contributed by atoms with Crippen LogP contribution in [0.5, 0.6) is 0 Å². The molecular formula is C19H22N2O2S. The zero-order chi connectivity index (χ0) is 17.1. The van der Waals surface area contributed by atoms with Gasteiger partial charge < -0.3 is 10.2 Å². The first-order valence-electron chi connectivity index (χ1n) is 8.30. The number of hydrogen-bond acceptors (Lipinski definition) is 4. The number of rotatable bonds is 4. The molecule has 1 unspecified atom stereocenters. The zero-order valence-electron chi connectivity index (χ0n) is 14.0. The first-order valence-corrected chi connectivity index (χ1v) is 9.18. The Morgan fingerprint density at radius 3 is 2.67 bits per heavy atom. The van der Waals surface area contributed by atoms with Gasteiger partial charge in [-0.25, -0.2) is 0 Å². The molecule has 1 atom stereocenters. The zero-order valence-corrected chi connectivity index (χ0v) is 14.9. The van der Waals surface area contributed by atoms with Crippen molar-refractivity contribution in [1.82, 2.24) is 10.2 Å². The summed E-state index contributed by atoms with van der Waals surface area (Å²) >= 11 is 1.35. The molecule has 4 nitrogen and oxygen atoms in total. The minimum Gasteiger partial charge on any atom is -0.328 e. The molecule has 1 aromatic carbocycles. The van der Waals surface area contributed by atoms with Gasteiger partial charge in [-0.15, -0.1) is 11.3 Å². The molecule has 5 heteroatoms. The summed E-state index contributed by atoms with van der Waals surface area (Å²) in [5, 5.41) is 5.14. The molecule has 1 aliphatic heterocycles. The van der Waals surface area contributed by atoms with Crippen molar-refractivity contribution in [2.75, 3.05) is 19.6 Å². The van der Waals surface area contributed by atoms with E-state index in [1.807, 2.05) is 4.90 Å². The fourth-order valence-electron chi connectivity index (χ4n) is 3.00. The number of Topliss-reactive ketones (excluding diaryl/α,β-unsaturated/α-hetero) is 1. The molecule has 126 valence electrons. The number of nitrogens with zero attached hydrogens (tertiary/aromatic N) is 1. The second-order valence-corrected chi connectivity index (χ2v) is 6.98. The molecule has 24 heavy (non-hydrogen) atoms. The van der Waals surface area contributed by atoms with E-state index in [-0.39, 0.29) is 17.7 Å². The average molecular weight is 342 g/mol. The first kappa shape index (κ1) is 16.9. The van der Waals surface area contributed by atoms with Crippen LogP contribution >= 0.6 is 11.3 Å². The van der Waals surface area contributed by atoms with Crippen LogP contribution in [0.15, 0.2) is 35.7 Å². The third-order valence-corrected chi connectivity index (χ3v) is 5.41. The maximum Gasteiger partial charge on any atom is 0.264 e. The van der Waals surface area contributed by atoms with E-state index in [2.05, 4.69) is 36.5 Å². The fraction of sp³-hybridized carbons (Fsp3) is 0.368. The maximum absolute atomic E-state index is 12.9. The van der Waals surface area contributed by atoms with Gasteiger partial charge >= 0.3 is 0 Å². The van der Waals surface area contributed by atoms with E-state index in [9.17, 15) is 9.59 Å². The quantitative estimate of drug-likeness (QED) is 0.868. The van der Waals surface area contributed by atoms with Crippen LogP contribution in [-0.2, 0) is 6.42 Å². The number of carbonyl (C=O) groups excluding carboxylic acids is 2. The van der Waals surface area contributed by atoms with Gasteiger partial charge in [-0.2, -0.15) is 0 Å². The molecule has 1 fully saturated rings. The van der Waals surface area contributed by atoms with E-state index in [1.165, 1.54) is 23.8 Å². The Hall–Kier alpha value is -1.98. The number of benzene rings is 1. The summed E-state index contributed by atoms with van der Waals surface area (Å²) in [5.74, 6) is 0.0101. The highest BCUT2D eigenvalue weighted by Gasteiger charge is 2.29. The van der Waals surface area contributed by atoms with E-state index in [1.54, 1.807) is 11.4 Å². The molecule has 0 radical (unpaired) electrons. The van der Waals surface area contributed by atoms with Gasteiger partial charge in [-0.1, -0.05) is 31.2 Å². The van der Waals surface area contributed by atoms with Gasteiger partial charge in [0.1, 0.15) is 0 Å². The minimum absolute atomic E-state index is 0.00249. The number of carbonyl (C=O) groups is 2. The van der Waals surface area contributed by atoms with Crippen LogP contribution in [-0.4, -0.2) is 36.2 Å². The van der Waals surface area contributed by atoms with Crippen LogP contribution in [0.1, 0.15) is 51.0 Å². The normalized spacial score (nSPS) is 17.8. The van der Waals surface area contributed by atoms with Crippen molar-refractivity contribution < 1.29 is 9.59 Å². The number of hydrogen-bond donors (Lipinski definition) is 1. The number of ketones is 1. The monoisotopic (exact) mass is 342 g/mol. The third kappa shape index (κ3) is 3.42. The van der Waals surface area contributed by atoms with Crippen LogP contribution < -0.4 is 5.32 Å². The molecule has 3 rings (SSSR count).